The molecule has 0 N–H and O–H groups in total. The van der Waals surface area contributed by atoms with Crippen LogP contribution in [0.4, 0.5) is 0 Å². The van der Waals surface area contributed by atoms with Gasteiger partial charge in [0.05, 0.1) is 22.0 Å². The summed E-state index contributed by atoms with van der Waals surface area (Å²) in [4.78, 5) is 0. The minimum Gasteiger partial charge on any atom is -0.489 e. The number of halogens is 1. The van der Waals surface area contributed by atoms with Gasteiger partial charge in [-0.15, -0.1) is 0 Å². The van der Waals surface area contributed by atoms with Crippen LogP contribution in [0.5, 0.6) is 5.75 Å². The number of benzene rings is 2. The van der Waals surface area contributed by atoms with Crippen molar-refractivity contribution in [3.63, 3.8) is 0 Å². The molecular weight excluding hydrogens is 370 g/mol. The third-order valence-corrected chi connectivity index (χ3v) is 5.18. The molecule has 28 heavy (non-hydrogen) atoms. The Hall–Kier alpha value is -2.77. The molecule has 0 amide bonds. The molecule has 0 aliphatic rings. The molecule has 0 bridgehead atoms. The number of hydrogen-bond donors (Lipinski definition) is 0. The van der Waals surface area contributed by atoms with Gasteiger partial charge in [-0.2, -0.15) is 10.4 Å². The third-order valence-electron chi connectivity index (χ3n) is 4.86. The fraction of sp³-hybridized carbons (Fsp3) is 0.304. The fourth-order valence-corrected chi connectivity index (χ4v) is 3.29. The van der Waals surface area contributed by atoms with Crippen molar-refractivity contribution in [2.24, 2.45) is 0 Å². The number of nitrogens with zero attached hydrogens (tertiary/aromatic N) is 3. The summed E-state index contributed by atoms with van der Waals surface area (Å²) in [6.45, 7) is 11.0. The van der Waals surface area contributed by atoms with Gasteiger partial charge in [-0.1, -0.05) is 44.5 Å². The fourth-order valence-electron chi connectivity index (χ4n) is 3.07. The van der Waals surface area contributed by atoms with Crippen LogP contribution in [0, 0.1) is 25.2 Å². The zero-order valence-electron chi connectivity index (χ0n) is 16.9. The number of nitriles is 1. The smallest absolute Gasteiger partial charge is 0.119 e. The Morgan fingerprint density at radius 3 is 2.36 bits per heavy atom. The molecule has 0 radical (unpaired) electrons. The first-order chi connectivity index (χ1) is 13.2. The first kappa shape index (κ1) is 20.0. The summed E-state index contributed by atoms with van der Waals surface area (Å²) in [6.07, 6.45) is 0. The van der Waals surface area contributed by atoms with Gasteiger partial charge in [-0.25, -0.2) is 4.68 Å². The minimum atomic E-state index is 0.120. The molecule has 4 nitrogen and oxygen atoms in total. The van der Waals surface area contributed by atoms with Crippen molar-refractivity contribution in [1.82, 2.24) is 9.78 Å². The molecule has 1 heterocycles. The summed E-state index contributed by atoms with van der Waals surface area (Å²) < 4.78 is 7.85. The van der Waals surface area contributed by atoms with Gasteiger partial charge in [0.2, 0.25) is 0 Å². The Morgan fingerprint density at radius 2 is 1.79 bits per heavy atom. The molecular formula is C23H24ClN3O. The molecule has 0 aliphatic heterocycles. The molecule has 5 heteroatoms. The molecule has 0 saturated heterocycles. The van der Waals surface area contributed by atoms with Crippen molar-refractivity contribution in [3.05, 3.63) is 75.6 Å². The first-order valence-electron chi connectivity index (χ1n) is 9.19. The van der Waals surface area contributed by atoms with E-state index in [9.17, 15) is 0 Å². The number of hydrogen-bond acceptors (Lipinski definition) is 3. The van der Waals surface area contributed by atoms with Gasteiger partial charge in [0.25, 0.3) is 0 Å². The average Bonchev–Trinajstić information content (AvgIpc) is 2.93. The van der Waals surface area contributed by atoms with E-state index in [4.69, 9.17) is 21.6 Å². The highest BCUT2D eigenvalue weighted by molar-refractivity contribution is 6.31. The zero-order chi connectivity index (χ0) is 20.5. The van der Waals surface area contributed by atoms with Crippen molar-refractivity contribution >= 4 is 11.6 Å². The predicted octanol–water partition coefficient (Wildman–Crippen LogP) is 5.89. The Labute approximate surface area is 171 Å². The van der Waals surface area contributed by atoms with Gasteiger partial charge in [0, 0.05) is 11.3 Å². The Morgan fingerprint density at radius 1 is 1.11 bits per heavy atom. The van der Waals surface area contributed by atoms with Crippen LogP contribution < -0.4 is 4.74 Å². The van der Waals surface area contributed by atoms with E-state index in [2.05, 4.69) is 44.1 Å². The SMILES string of the molecule is Cc1nn(-c2ccc(C#N)c(Cl)c2)c(C)c1COc1ccc(C(C)(C)C)cc1. The maximum atomic E-state index is 9.05. The lowest BCUT2D eigenvalue weighted by molar-refractivity contribution is 0.304. The summed E-state index contributed by atoms with van der Waals surface area (Å²) in [5.41, 5.74) is 5.61. The number of aromatic nitrogens is 2. The monoisotopic (exact) mass is 393 g/mol. The second-order valence-electron chi connectivity index (χ2n) is 7.90. The van der Waals surface area contributed by atoms with E-state index in [1.165, 1.54) is 5.56 Å². The van der Waals surface area contributed by atoms with Gasteiger partial charge < -0.3 is 4.74 Å². The van der Waals surface area contributed by atoms with Crippen LogP contribution >= 0.6 is 11.6 Å². The lowest BCUT2D eigenvalue weighted by atomic mass is 9.87. The Balaban J connectivity index is 1.81. The molecule has 0 unspecified atom stereocenters. The van der Waals surface area contributed by atoms with Crippen LogP contribution in [0.25, 0.3) is 5.69 Å². The van der Waals surface area contributed by atoms with E-state index < -0.39 is 0 Å². The van der Waals surface area contributed by atoms with Crippen LogP contribution in [0.15, 0.2) is 42.5 Å². The largest absolute Gasteiger partial charge is 0.489 e. The lowest BCUT2D eigenvalue weighted by Gasteiger charge is -2.19. The van der Waals surface area contributed by atoms with Gasteiger partial charge in [-0.05, 0) is 55.2 Å². The number of rotatable bonds is 4. The van der Waals surface area contributed by atoms with Crippen LogP contribution in [-0.4, -0.2) is 9.78 Å². The van der Waals surface area contributed by atoms with Gasteiger partial charge in [-0.3, -0.25) is 0 Å². The third kappa shape index (κ3) is 4.05. The number of aryl methyl sites for hydroxylation is 1. The van der Waals surface area contributed by atoms with Crippen molar-refractivity contribution in [3.8, 4) is 17.5 Å². The highest BCUT2D eigenvalue weighted by Crippen LogP contribution is 2.26. The molecule has 0 atom stereocenters. The van der Waals surface area contributed by atoms with Gasteiger partial charge in [0.1, 0.15) is 18.4 Å². The summed E-state index contributed by atoms with van der Waals surface area (Å²) in [5.74, 6) is 0.834. The maximum Gasteiger partial charge on any atom is 0.119 e. The summed E-state index contributed by atoms with van der Waals surface area (Å²) in [6, 6.07) is 15.6. The van der Waals surface area contributed by atoms with Gasteiger partial charge >= 0.3 is 0 Å². The second kappa shape index (κ2) is 7.69. The molecule has 1 aromatic heterocycles. The van der Waals surface area contributed by atoms with E-state index in [0.29, 0.717) is 17.2 Å². The normalized spacial score (nSPS) is 11.3. The molecule has 2 aromatic carbocycles. The van der Waals surface area contributed by atoms with E-state index in [1.54, 1.807) is 12.1 Å². The molecule has 144 valence electrons. The molecule has 3 aromatic rings. The van der Waals surface area contributed by atoms with Gasteiger partial charge in [0.15, 0.2) is 0 Å². The molecule has 0 fully saturated rings. The van der Waals surface area contributed by atoms with Crippen LogP contribution in [0.1, 0.15) is 48.8 Å². The molecule has 0 spiro atoms. The number of ether oxygens (including phenoxy) is 1. The molecule has 0 saturated carbocycles. The Kier molecular flexibility index (Phi) is 5.49. The lowest BCUT2D eigenvalue weighted by Crippen LogP contribution is -2.10. The summed E-state index contributed by atoms with van der Waals surface area (Å²) >= 11 is 6.18. The topological polar surface area (TPSA) is 50.8 Å². The first-order valence-corrected chi connectivity index (χ1v) is 9.57. The van der Waals surface area contributed by atoms with E-state index in [0.717, 1.165) is 28.4 Å². The van der Waals surface area contributed by atoms with Crippen LogP contribution in [0.3, 0.4) is 0 Å². The summed E-state index contributed by atoms with van der Waals surface area (Å²) in [7, 11) is 0. The maximum absolute atomic E-state index is 9.05. The standard InChI is InChI=1S/C23H24ClN3O/c1-15-21(14-28-20-10-7-18(8-11-20)23(3,4)5)16(2)27(26-15)19-9-6-17(13-25)22(24)12-19/h6-12H,14H2,1-5H3. The highest BCUT2D eigenvalue weighted by Gasteiger charge is 2.16. The van der Waals surface area contributed by atoms with E-state index in [-0.39, 0.29) is 5.41 Å². The minimum absolute atomic E-state index is 0.120. The van der Waals surface area contributed by atoms with Crippen molar-refractivity contribution < 1.29 is 4.74 Å². The summed E-state index contributed by atoms with van der Waals surface area (Å²) in [5, 5.41) is 14.1. The predicted molar refractivity (Wildman–Crippen MR) is 112 cm³/mol. The quantitative estimate of drug-likeness (QED) is 0.555. The Bertz CT molecular complexity index is 1040. The van der Waals surface area contributed by atoms with Crippen LogP contribution in [-0.2, 0) is 12.0 Å². The highest BCUT2D eigenvalue weighted by atomic mass is 35.5. The van der Waals surface area contributed by atoms with Crippen molar-refractivity contribution in [2.75, 3.05) is 0 Å². The van der Waals surface area contributed by atoms with Crippen molar-refractivity contribution in [1.29, 1.82) is 5.26 Å². The van der Waals surface area contributed by atoms with E-state index in [1.807, 2.05) is 36.7 Å². The molecule has 3 rings (SSSR count). The van der Waals surface area contributed by atoms with Crippen molar-refractivity contribution in [2.45, 2.75) is 46.6 Å². The average molecular weight is 394 g/mol. The zero-order valence-corrected chi connectivity index (χ0v) is 17.6. The molecule has 0 aliphatic carbocycles. The van der Waals surface area contributed by atoms with E-state index >= 15 is 0 Å². The van der Waals surface area contributed by atoms with Crippen LogP contribution in [0.2, 0.25) is 5.02 Å². The second-order valence-corrected chi connectivity index (χ2v) is 8.31.